The van der Waals surface area contributed by atoms with Gasteiger partial charge in [-0.05, 0) is 41.3 Å². The number of hydrogen-bond acceptors (Lipinski definition) is 6. The minimum absolute atomic E-state index is 0.0953. The van der Waals surface area contributed by atoms with Crippen molar-refractivity contribution in [2.75, 3.05) is 32.8 Å². The highest BCUT2D eigenvalue weighted by Gasteiger charge is 2.30. The van der Waals surface area contributed by atoms with Crippen LogP contribution in [0.25, 0.3) is 0 Å². The van der Waals surface area contributed by atoms with Gasteiger partial charge in [0.2, 0.25) is 0 Å². The molecule has 9 heteroatoms. The Balaban J connectivity index is 1.22. The molecular weight excluding hydrogens is 448 g/mol. The summed E-state index contributed by atoms with van der Waals surface area (Å²) in [4.78, 5) is 14.1. The van der Waals surface area contributed by atoms with Crippen LogP contribution >= 0.6 is 11.3 Å². The van der Waals surface area contributed by atoms with Crippen molar-refractivity contribution in [1.29, 1.82) is 0 Å². The van der Waals surface area contributed by atoms with E-state index in [1.165, 1.54) is 15.6 Å². The Hall–Kier alpha value is -2.88. The van der Waals surface area contributed by atoms with Crippen LogP contribution in [0.3, 0.4) is 0 Å². The molecule has 0 bridgehead atoms. The maximum atomic E-state index is 12.6. The third-order valence-corrected chi connectivity index (χ3v) is 8.39. The quantitative estimate of drug-likeness (QED) is 0.503. The fourth-order valence-corrected chi connectivity index (χ4v) is 5.89. The van der Waals surface area contributed by atoms with E-state index in [1.807, 2.05) is 30.3 Å². The summed E-state index contributed by atoms with van der Waals surface area (Å²) in [6.07, 6.45) is 0. The normalized spacial score (nSPS) is 14.8. The van der Waals surface area contributed by atoms with Crippen LogP contribution in [0.15, 0.2) is 76.3 Å². The molecule has 32 heavy (non-hydrogen) atoms. The van der Waals surface area contributed by atoms with Crippen LogP contribution < -0.4 is 9.47 Å². The summed E-state index contributed by atoms with van der Waals surface area (Å²) in [6, 6.07) is 20.3. The molecule has 1 aromatic heterocycles. The molecule has 0 radical (unpaired) electrons. The number of piperazine rings is 1. The first-order valence-corrected chi connectivity index (χ1v) is 12.6. The number of sulfonamides is 1. The van der Waals surface area contributed by atoms with E-state index in [-0.39, 0.29) is 25.6 Å². The van der Waals surface area contributed by atoms with Gasteiger partial charge in [-0.15, -0.1) is 11.3 Å². The molecule has 0 saturated carbocycles. The molecule has 1 saturated heterocycles. The van der Waals surface area contributed by atoms with Gasteiger partial charge in [0, 0.05) is 26.2 Å². The van der Waals surface area contributed by atoms with E-state index in [0.717, 1.165) is 11.3 Å². The Morgan fingerprint density at radius 3 is 2.12 bits per heavy atom. The van der Waals surface area contributed by atoms with Gasteiger partial charge in [0.15, 0.2) is 6.61 Å². The van der Waals surface area contributed by atoms with Gasteiger partial charge in [-0.1, -0.05) is 36.4 Å². The molecule has 0 aliphatic carbocycles. The maximum absolute atomic E-state index is 12.6. The third-order valence-electron chi connectivity index (χ3n) is 5.11. The Labute approximate surface area is 191 Å². The van der Waals surface area contributed by atoms with Crippen molar-refractivity contribution in [2.45, 2.75) is 10.8 Å². The molecule has 2 aromatic carbocycles. The fraction of sp³-hybridized carbons (Fsp3) is 0.261. The number of ether oxygens (including phenoxy) is 2. The van der Waals surface area contributed by atoms with E-state index in [1.54, 1.807) is 46.7 Å². The van der Waals surface area contributed by atoms with Crippen molar-refractivity contribution in [3.05, 3.63) is 77.7 Å². The molecule has 2 heterocycles. The van der Waals surface area contributed by atoms with E-state index in [0.29, 0.717) is 29.7 Å². The summed E-state index contributed by atoms with van der Waals surface area (Å²) >= 11 is 1.20. The smallest absolute Gasteiger partial charge is 0.260 e. The van der Waals surface area contributed by atoms with Crippen LogP contribution in [0.2, 0.25) is 0 Å². The van der Waals surface area contributed by atoms with Crippen LogP contribution in [-0.2, 0) is 21.4 Å². The summed E-state index contributed by atoms with van der Waals surface area (Å²) in [6.45, 7) is 1.63. The molecule has 7 nitrogen and oxygen atoms in total. The largest absolute Gasteiger partial charge is 0.489 e. The number of carbonyl (C=O) groups excluding carboxylic acids is 1. The third kappa shape index (κ3) is 5.48. The lowest BCUT2D eigenvalue weighted by Crippen LogP contribution is -2.51. The molecule has 0 N–H and O–H groups in total. The van der Waals surface area contributed by atoms with E-state index >= 15 is 0 Å². The summed E-state index contributed by atoms with van der Waals surface area (Å²) in [5.74, 6) is 1.13. The number of nitrogens with zero attached hydrogens (tertiary/aromatic N) is 2. The molecule has 168 valence electrons. The molecule has 0 unspecified atom stereocenters. The van der Waals surface area contributed by atoms with Crippen LogP contribution in [-0.4, -0.2) is 56.3 Å². The minimum atomic E-state index is -3.48. The highest BCUT2D eigenvalue weighted by molar-refractivity contribution is 7.91. The van der Waals surface area contributed by atoms with E-state index in [2.05, 4.69) is 0 Å². The number of carbonyl (C=O) groups is 1. The van der Waals surface area contributed by atoms with Crippen LogP contribution in [0.5, 0.6) is 11.5 Å². The van der Waals surface area contributed by atoms with Gasteiger partial charge >= 0.3 is 0 Å². The molecule has 0 atom stereocenters. The zero-order valence-corrected chi connectivity index (χ0v) is 19.1. The van der Waals surface area contributed by atoms with Crippen LogP contribution in [0.1, 0.15) is 5.56 Å². The Morgan fingerprint density at radius 1 is 0.844 bits per heavy atom. The predicted molar refractivity (Wildman–Crippen MR) is 122 cm³/mol. The minimum Gasteiger partial charge on any atom is -0.489 e. The zero-order chi connectivity index (χ0) is 22.4. The average molecular weight is 473 g/mol. The van der Waals surface area contributed by atoms with Crippen molar-refractivity contribution in [3.63, 3.8) is 0 Å². The summed E-state index contributed by atoms with van der Waals surface area (Å²) in [5.41, 5.74) is 1.08. The number of rotatable bonds is 8. The van der Waals surface area contributed by atoms with Gasteiger partial charge in [0.1, 0.15) is 22.3 Å². The maximum Gasteiger partial charge on any atom is 0.260 e. The molecule has 1 aliphatic rings. The first-order valence-electron chi connectivity index (χ1n) is 10.2. The van der Waals surface area contributed by atoms with Crippen molar-refractivity contribution >= 4 is 27.3 Å². The first-order chi connectivity index (χ1) is 15.5. The van der Waals surface area contributed by atoms with Gasteiger partial charge in [0.05, 0.1) is 0 Å². The summed E-state index contributed by atoms with van der Waals surface area (Å²) in [7, 11) is -3.48. The van der Waals surface area contributed by atoms with Crippen molar-refractivity contribution < 1.29 is 22.7 Å². The van der Waals surface area contributed by atoms with Gasteiger partial charge < -0.3 is 14.4 Å². The zero-order valence-electron chi connectivity index (χ0n) is 17.4. The Kier molecular flexibility index (Phi) is 7.09. The molecule has 1 aliphatic heterocycles. The number of thiophene rings is 1. The standard InChI is InChI=1S/C23H24N2O5S2/c26-22(24-12-14-25(15-13-24)32(27,28)23-7-4-16-31-23)18-30-21-10-8-20(9-11-21)29-17-19-5-2-1-3-6-19/h1-11,16H,12-15,17-18H2. The number of benzene rings is 2. The molecule has 1 fully saturated rings. The van der Waals surface area contributed by atoms with E-state index in [9.17, 15) is 13.2 Å². The second-order valence-corrected chi connectivity index (χ2v) is 10.4. The number of hydrogen-bond donors (Lipinski definition) is 0. The van der Waals surface area contributed by atoms with Crippen LogP contribution in [0.4, 0.5) is 0 Å². The second-order valence-electron chi connectivity index (χ2n) is 7.25. The predicted octanol–water partition coefficient (Wildman–Crippen LogP) is 3.24. The highest BCUT2D eigenvalue weighted by Crippen LogP contribution is 2.22. The van der Waals surface area contributed by atoms with E-state index < -0.39 is 10.0 Å². The second kappa shape index (κ2) is 10.2. The van der Waals surface area contributed by atoms with Crippen LogP contribution in [0, 0.1) is 0 Å². The van der Waals surface area contributed by atoms with Gasteiger partial charge in [-0.3, -0.25) is 4.79 Å². The Bertz CT molecular complexity index is 1110. The lowest BCUT2D eigenvalue weighted by molar-refractivity contribution is -0.134. The van der Waals surface area contributed by atoms with E-state index in [4.69, 9.17) is 9.47 Å². The molecule has 3 aromatic rings. The van der Waals surface area contributed by atoms with Gasteiger partial charge in [-0.25, -0.2) is 8.42 Å². The monoisotopic (exact) mass is 472 g/mol. The molecule has 0 spiro atoms. The van der Waals surface area contributed by atoms with Gasteiger partial charge in [-0.2, -0.15) is 4.31 Å². The Morgan fingerprint density at radius 2 is 1.50 bits per heavy atom. The molecular formula is C23H24N2O5S2. The highest BCUT2D eigenvalue weighted by atomic mass is 32.2. The topological polar surface area (TPSA) is 76.2 Å². The lowest BCUT2D eigenvalue weighted by Gasteiger charge is -2.33. The van der Waals surface area contributed by atoms with Crippen molar-refractivity contribution in [1.82, 2.24) is 9.21 Å². The average Bonchev–Trinajstić information content (AvgIpc) is 3.39. The van der Waals surface area contributed by atoms with Gasteiger partial charge in [0.25, 0.3) is 15.9 Å². The molecule has 4 rings (SSSR count). The summed E-state index contributed by atoms with van der Waals surface area (Å²) in [5, 5.41) is 1.74. The first kappa shape index (κ1) is 22.3. The molecule has 1 amide bonds. The SMILES string of the molecule is O=C(COc1ccc(OCc2ccccc2)cc1)N1CCN(S(=O)(=O)c2cccs2)CC1. The fourth-order valence-electron chi connectivity index (χ4n) is 3.32. The summed E-state index contributed by atoms with van der Waals surface area (Å²) < 4.78 is 38.3. The lowest BCUT2D eigenvalue weighted by atomic mass is 10.2. The number of amides is 1. The van der Waals surface area contributed by atoms with Crippen molar-refractivity contribution in [2.24, 2.45) is 0 Å². The van der Waals surface area contributed by atoms with Crippen molar-refractivity contribution in [3.8, 4) is 11.5 Å².